The van der Waals surface area contributed by atoms with E-state index in [9.17, 15) is 14.9 Å². The molecule has 0 aliphatic rings. The van der Waals surface area contributed by atoms with Crippen LogP contribution in [0, 0.1) is 24.0 Å². The summed E-state index contributed by atoms with van der Waals surface area (Å²) < 4.78 is 0. The summed E-state index contributed by atoms with van der Waals surface area (Å²) in [6, 6.07) is 6.06. The topological polar surface area (TPSA) is 101 Å². The van der Waals surface area contributed by atoms with Crippen molar-refractivity contribution < 1.29 is 9.72 Å². The van der Waals surface area contributed by atoms with E-state index >= 15 is 0 Å². The third kappa shape index (κ3) is 2.82. The minimum atomic E-state index is -0.458. The fourth-order valence-electron chi connectivity index (χ4n) is 1.89. The summed E-state index contributed by atoms with van der Waals surface area (Å²) in [5.41, 5.74) is 2.71. The molecule has 0 unspecified atom stereocenters. The number of carbonyl (C=O) groups is 1. The Morgan fingerprint density at radius 1 is 1.35 bits per heavy atom. The fourth-order valence-corrected chi connectivity index (χ4v) is 1.89. The zero-order chi connectivity index (χ0) is 14.7. The normalized spacial score (nSPS) is 10.3. The second kappa shape index (κ2) is 5.52. The number of carbonyl (C=O) groups excluding carboxylic acids is 1. The molecule has 0 saturated heterocycles. The molecule has 1 heterocycles. The number of hydrogen-bond acceptors (Lipinski definition) is 4. The first-order chi connectivity index (χ1) is 9.49. The van der Waals surface area contributed by atoms with Crippen LogP contribution < -0.4 is 5.32 Å². The molecule has 2 rings (SSSR count). The molecule has 0 bridgehead atoms. The van der Waals surface area contributed by atoms with Crippen LogP contribution in [0.5, 0.6) is 0 Å². The van der Waals surface area contributed by atoms with Crippen LogP contribution in [0.25, 0.3) is 0 Å². The molecule has 1 aromatic carbocycles. The third-order valence-corrected chi connectivity index (χ3v) is 2.96. The largest absolute Gasteiger partial charge is 0.348 e. The first kappa shape index (κ1) is 13.7. The van der Waals surface area contributed by atoms with Gasteiger partial charge < -0.3 is 5.32 Å². The van der Waals surface area contributed by atoms with Crippen molar-refractivity contribution in [3.8, 4) is 0 Å². The number of aromatic nitrogens is 2. The molecule has 104 valence electrons. The lowest BCUT2D eigenvalue weighted by atomic mass is 10.1. The molecule has 2 aromatic rings. The molecule has 0 atom stereocenters. The van der Waals surface area contributed by atoms with Gasteiger partial charge in [-0.15, -0.1) is 0 Å². The van der Waals surface area contributed by atoms with Crippen LogP contribution in [0.15, 0.2) is 24.3 Å². The molecule has 7 nitrogen and oxygen atoms in total. The number of aromatic amines is 1. The van der Waals surface area contributed by atoms with Crippen LogP contribution in [0.3, 0.4) is 0 Å². The lowest BCUT2D eigenvalue weighted by Crippen LogP contribution is -2.23. The van der Waals surface area contributed by atoms with E-state index in [0.717, 1.165) is 5.56 Å². The number of nitrogens with one attached hydrogen (secondary N) is 2. The Kier molecular flexibility index (Phi) is 3.79. The predicted octanol–water partition coefficient (Wildman–Crippen LogP) is 1.86. The first-order valence-electron chi connectivity index (χ1n) is 6.02. The summed E-state index contributed by atoms with van der Waals surface area (Å²) in [6.07, 6.45) is 0. The molecule has 0 aliphatic heterocycles. The highest BCUT2D eigenvalue weighted by Gasteiger charge is 2.14. The molecule has 0 fully saturated rings. The maximum absolute atomic E-state index is 12.0. The van der Waals surface area contributed by atoms with Gasteiger partial charge in [0.15, 0.2) is 0 Å². The van der Waals surface area contributed by atoms with Crippen molar-refractivity contribution in [2.45, 2.75) is 20.4 Å². The fraction of sp³-hybridized carbons (Fsp3) is 0.231. The molecule has 20 heavy (non-hydrogen) atoms. The van der Waals surface area contributed by atoms with Crippen molar-refractivity contribution in [3.63, 3.8) is 0 Å². The van der Waals surface area contributed by atoms with Crippen LogP contribution in [-0.2, 0) is 6.54 Å². The lowest BCUT2D eigenvalue weighted by Gasteiger charge is -2.05. The molecule has 0 radical (unpaired) electrons. The second-order valence-corrected chi connectivity index (χ2v) is 4.42. The summed E-state index contributed by atoms with van der Waals surface area (Å²) in [6.45, 7) is 3.84. The number of nitro benzene ring substituents is 1. The average Bonchev–Trinajstić information content (AvgIpc) is 2.76. The van der Waals surface area contributed by atoms with Gasteiger partial charge in [-0.2, -0.15) is 5.10 Å². The average molecular weight is 274 g/mol. The van der Waals surface area contributed by atoms with E-state index in [-0.39, 0.29) is 11.6 Å². The minimum Gasteiger partial charge on any atom is -0.348 e. The van der Waals surface area contributed by atoms with Crippen LogP contribution in [-0.4, -0.2) is 21.0 Å². The summed E-state index contributed by atoms with van der Waals surface area (Å²) >= 11 is 0. The summed E-state index contributed by atoms with van der Waals surface area (Å²) in [7, 11) is 0. The Morgan fingerprint density at radius 2 is 2.00 bits per heavy atom. The van der Waals surface area contributed by atoms with Crippen molar-refractivity contribution >= 4 is 11.6 Å². The number of hydrogen-bond donors (Lipinski definition) is 2. The smallest absolute Gasteiger partial charge is 0.269 e. The summed E-state index contributed by atoms with van der Waals surface area (Å²) in [5, 5.41) is 20.0. The van der Waals surface area contributed by atoms with Crippen molar-refractivity contribution in [1.29, 1.82) is 0 Å². The van der Waals surface area contributed by atoms with Crippen LogP contribution >= 0.6 is 0 Å². The Bertz CT molecular complexity index is 627. The molecule has 7 heteroatoms. The highest BCUT2D eigenvalue weighted by Crippen LogP contribution is 2.13. The Hall–Kier alpha value is -2.70. The minimum absolute atomic E-state index is 0.0293. The molecule has 0 spiro atoms. The van der Waals surface area contributed by atoms with Crippen LogP contribution in [0.4, 0.5) is 5.69 Å². The van der Waals surface area contributed by atoms with Gasteiger partial charge in [0.05, 0.1) is 16.2 Å². The van der Waals surface area contributed by atoms with Gasteiger partial charge in [0.2, 0.25) is 0 Å². The summed E-state index contributed by atoms with van der Waals surface area (Å²) in [4.78, 5) is 22.1. The Morgan fingerprint density at radius 3 is 2.50 bits per heavy atom. The number of non-ortho nitro benzene ring substituents is 1. The number of rotatable bonds is 4. The quantitative estimate of drug-likeness (QED) is 0.656. The van der Waals surface area contributed by atoms with E-state index in [4.69, 9.17) is 0 Å². The second-order valence-electron chi connectivity index (χ2n) is 4.42. The van der Waals surface area contributed by atoms with E-state index in [1.807, 2.05) is 0 Å². The molecule has 2 N–H and O–H groups in total. The van der Waals surface area contributed by atoms with Gasteiger partial charge in [-0.05, 0) is 19.4 Å². The van der Waals surface area contributed by atoms with Gasteiger partial charge in [-0.1, -0.05) is 12.1 Å². The van der Waals surface area contributed by atoms with Gasteiger partial charge in [0, 0.05) is 24.4 Å². The third-order valence-electron chi connectivity index (χ3n) is 2.96. The molecule has 0 aliphatic carbocycles. The van der Waals surface area contributed by atoms with Gasteiger partial charge in [0.1, 0.15) is 0 Å². The van der Waals surface area contributed by atoms with Gasteiger partial charge in [0.25, 0.3) is 11.6 Å². The molecule has 1 amide bonds. The van der Waals surface area contributed by atoms with Crippen molar-refractivity contribution in [2.24, 2.45) is 0 Å². The van der Waals surface area contributed by atoms with E-state index in [1.165, 1.54) is 12.1 Å². The van der Waals surface area contributed by atoms with Gasteiger partial charge in [-0.25, -0.2) is 0 Å². The molecular formula is C13H14N4O3. The first-order valence-corrected chi connectivity index (χ1v) is 6.02. The standard InChI is InChI=1S/C13H14N4O3/c1-8-12(9(2)16-15-8)13(18)14-7-10-3-5-11(6-4-10)17(19)20/h3-6H,7H2,1-2H3,(H,14,18)(H,15,16). The zero-order valence-corrected chi connectivity index (χ0v) is 11.1. The molecule has 1 aromatic heterocycles. The number of benzene rings is 1. The number of amides is 1. The molecule has 0 saturated carbocycles. The van der Waals surface area contributed by atoms with E-state index in [1.54, 1.807) is 26.0 Å². The van der Waals surface area contributed by atoms with E-state index in [0.29, 0.717) is 23.5 Å². The SMILES string of the molecule is Cc1n[nH]c(C)c1C(=O)NCc1ccc([N+](=O)[O-])cc1. The lowest BCUT2D eigenvalue weighted by molar-refractivity contribution is -0.384. The maximum atomic E-state index is 12.0. The maximum Gasteiger partial charge on any atom is 0.269 e. The van der Waals surface area contributed by atoms with Crippen molar-refractivity contribution in [2.75, 3.05) is 0 Å². The van der Waals surface area contributed by atoms with Gasteiger partial charge in [-0.3, -0.25) is 20.0 Å². The predicted molar refractivity (Wildman–Crippen MR) is 72.3 cm³/mol. The van der Waals surface area contributed by atoms with Crippen molar-refractivity contribution in [1.82, 2.24) is 15.5 Å². The van der Waals surface area contributed by atoms with Gasteiger partial charge >= 0.3 is 0 Å². The number of nitro groups is 1. The Balaban J connectivity index is 2.02. The number of nitrogens with zero attached hydrogens (tertiary/aromatic N) is 2. The highest BCUT2D eigenvalue weighted by atomic mass is 16.6. The van der Waals surface area contributed by atoms with E-state index < -0.39 is 4.92 Å². The zero-order valence-electron chi connectivity index (χ0n) is 11.1. The summed E-state index contributed by atoms with van der Waals surface area (Å²) in [5.74, 6) is -0.216. The molecular weight excluding hydrogens is 260 g/mol. The number of H-pyrrole nitrogens is 1. The Labute approximate surface area is 115 Å². The monoisotopic (exact) mass is 274 g/mol. The van der Waals surface area contributed by atoms with E-state index in [2.05, 4.69) is 15.5 Å². The highest BCUT2D eigenvalue weighted by molar-refractivity contribution is 5.96. The number of aryl methyl sites for hydroxylation is 2. The van der Waals surface area contributed by atoms with Crippen molar-refractivity contribution in [3.05, 3.63) is 56.9 Å². The van der Waals surface area contributed by atoms with Crippen LogP contribution in [0.2, 0.25) is 0 Å². The van der Waals surface area contributed by atoms with Crippen LogP contribution in [0.1, 0.15) is 27.3 Å².